The third-order valence-electron chi connectivity index (χ3n) is 3.12. The normalized spacial score (nSPS) is 22.4. The van der Waals surface area contributed by atoms with Gasteiger partial charge in [0.05, 0.1) is 24.6 Å². The van der Waals surface area contributed by atoms with Crippen molar-refractivity contribution in [2.24, 2.45) is 5.92 Å². The summed E-state index contributed by atoms with van der Waals surface area (Å²) in [5, 5.41) is 0. The van der Waals surface area contributed by atoms with Gasteiger partial charge < -0.3 is 9.47 Å². The van der Waals surface area contributed by atoms with Gasteiger partial charge in [0.25, 0.3) is 0 Å². The lowest BCUT2D eigenvalue weighted by molar-refractivity contribution is 0.129. The molecule has 0 aliphatic carbocycles. The molecule has 2 aromatic heterocycles. The second-order valence-electron chi connectivity index (χ2n) is 4.61. The summed E-state index contributed by atoms with van der Waals surface area (Å²) in [6, 6.07) is 7.92. The van der Waals surface area contributed by atoms with E-state index in [0.717, 1.165) is 18.0 Å². The van der Waals surface area contributed by atoms with Crippen LogP contribution in [0.2, 0.25) is 0 Å². The van der Waals surface area contributed by atoms with Crippen LogP contribution in [0, 0.1) is 5.92 Å². The molecule has 5 heteroatoms. The molecule has 0 aromatic carbocycles. The van der Waals surface area contributed by atoms with Crippen molar-refractivity contribution >= 4 is 0 Å². The second kappa shape index (κ2) is 5.32. The summed E-state index contributed by atoms with van der Waals surface area (Å²) in [5.74, 6) is 0.363. The quantitative estimate of drug-likeness (QED) is 0.841. The predicted molar refractivity (Wildman–Crippen MR) is 69.7 cm³/mol. The molecule has 3 heterocycles. The summed E-state index contributed by atoms with van der Waals surface area (Å²) in [6.07, 6.45) is 3.46. The van der Waals surface area contributed by atoms with E-state index < -0.39 is 0 Å². The first-order chi connectivity index (χ1) is 9.33. The summed E-state index contributed by atoms with van der Waals surface area (Å²) in [4.78, 5) is 12.8. The molecule has 0 amide bonds. The molecule has 2 aromatic rings. The van der Waals surface area contributed by atoms with Gasteiger partial charge in [-0.25, -0.2) is 4.98 Å². The number of ether oxygens (including phenoxy) is 2. The van der Waals surface area contributed by atoms with E-state index in [-0.39, 0.29) is 6.10 Å². The number of rotatable bonds is 3. The van der Waals surface area contributed by atoms with E-state index in [1.165, 1.54) is 0 Å². The number of hydrogen-bond donors (Lipinski definition) is 0. The van der Waals surface area contributed by atoms with Crippen LogP contribution in [-0.2, 0) is 4.74 Å². The molecule has 1 aliphatic heterocycles. The van der Waals surface area contributed by atoms with Gasteiger partial charge in [-0.05, 0) is 18.2 Å². The summed E-state index contributed by atoms with van der Waals surface area (Å²) < 4.78 is 11.1. The van der Waals surface area contributed by atoms with Gasteiger partial charge in [0.15, 0.2) is 0 Å². The Morgan fingerprint density at radius 2 is 2.05 bits per heavy atom. The molecule has 0 spiro atoms. The maximum atomic E-state index is 5.77. The second-order valence-corrected chi connectivity index (χ2v) is 4.61. The maximum absolute atomic E-state index is 5.77. The fourth-order valence-corrected chi connectivity index (χ4v) is 1.98. The van der Waals surface area contributed by atoms with Crippen molar-refractivity contribution in [3.05, 3.63) is 36.7 Å². The third-order valence-corrected chi connectivity index (χ3v) is 3.12. The van der Waals surface area contributed by atoms with Crippen molar-refractivity contribution in [2.45, 2.75) is 13.0 Å². The largest absolute Gasteiger partial charge is 0.457 e. The van der Waals surface area contributed by atoms with E-state index >= 15 is 0 Å². The highest BCUT2D eigenvalue weighted by Gasteiger charge is 2.26. The lowest BCUT2D eigenvalue weighted by Gasteiger charge is -2.14. The van der Waals surface area contributed by atoms with E-state index in [2.05, 4.69) is 21.9 Å². The van der Waals surface area contributed by atoms with Gasteiger partial charge in [-0.15, -0.1) is 0 Å². The highest BCUT2D eigenvalue weighted by Crippen LogP contribution is 2.20. The number of hydrogen-bond acceptors (Lipinski definition) is 5. The summed E-state index contributed by atoms with van der Waals surface area (Å²) in [5.41, 5.74) is 1.57. The lowest BCUT2D eigenvalue weighted by atomic mass is 10.1. The van der Waals surface area contributed by atoms with Crippen LogP contribution in [0.4, 0.5) is 0 Å². The van der Waals surface area contributed by atoms with E-state index in [0.29, 0.717) is 18.5 Å². The van der Waals surface area contributed by atoms with Crippen LogP contribution in [0.1, 0.15) is 6.92 Å². The average molecular weight is 257 g/mol. The van der Waals surface area contributed by atoms with Crippen molar-refractivity contribution < 1.29 is 9.47 Å². The van der Waals surface area contributed by atoms with Crippen LogP contribution in [-0.4, -0.2) is 34.3 Å². The molecular weight excluding hydrogens is 242 g/mol. The standard InChI is InChI=1S/C14H15N3O2/c1-10-8-18-9-13(10)19-14-16-7-5-12(17-14)11-4-2-3-6-15-11/h2-7,10,13H,8-9H2,1H3. The Morgan fingerprint density at radius 3 is 2.79 bits per heavy atom. The average Bonchev–Trinajstić information content (AvgIpc) is 2.86. The minimum Gasteiger partial charge on any atom is -0.457 e. The zero-order chi connectivity index (χ0) is 13.1. The smallest absolute Gasteiger partial charge is 0.317 e. The fraction of sp³-hybridized carbons (Fsp3) is 0.357. The topological polar surface area (TPSA) is 57.1 Å². The van der Waals surface area contributed by atoms with Crippen molar-refractivity contribution in [1.29, 1.82) is 0 Å². The van der Waals surface area contributed by atoms with Gasteiger partial charge in [0.1, 0.15) is 6.10 Å². The zero-order valence-electron chi connectivity index (χ0n) is 10.7. The van der Waals surface area contributed by atoms with Gasteiger partial charge >= 0.3 is 6.01 Å². The first-order valence-electron chi connectivity index (χ1n) is 6.32. The minimum absolute atomic E-state index is 0.0268. The number of aromatic nitrogens is 3. The molecule has 0 N–H and O–H groups in total. The van der Waals surface area contributed by atoms with Crippen LogP contribution in [0.25, 0.3) is 11.4 Å². The SMILES string of the molecule is CC1COCC1Oc1nccc(-c2ccccn2)n1. The Bertz CT molecular complexity index is 547. The molecule has 1 fully saturated rings. The number of nitrogens with zero attached hydrogens (tertiary/aromatic N) is 3. The van der Waals surface area contributed by atoms with Gasteiger partial charge in [-0.3, -0.25) is 4.98 Å². The van der Waals surface area contributed by atoms with E-state index in [1.807, 2.05) is 24.3 Å². The van der Waals surface area contributed by atoms with Gasteiger partial charge in [-0.1, -0.05) is 13.0 Å². The van der Waals surface area contributed by atoms with E-state index in [4.69, 9.17) is 9.47 Å². The molecule has 2 atom stereocenters. The maximum Gasteiger partial charge on any atom is 0.317 e. The van der Waals surface area contributed by atoms with E-state index in [1.54, 1.807) is 12.4 Å². The molecule has 1 aliphatic rings. The molecule has 98 valence electrons. The van der Waals surface area contributed by atoms with Gasteiger partial charge in [0, 0.05) is 18.3 Å². The molecule has 0 saturated carbocycles. The van der Waals surface area contributed by atoms with E-state index in [9.17, 15) is 0 Å². The van der Waals surface area contributed by atoms with Crippen molar-refractivity contribution in [3.8, 4) is 17.4 Å². The lowest BCUT2D eigenvalue weighted by Crippen LogP contribution is -2.24. The molecular formula is C14H15N3O2. The Kier molecular flexibility index (Phi) is 3.37. The molecule has 19 heavy (non-hydrogen) atoms. The number of pyridine rings is 1. The molecule has 0 bridgehead atoms. The molecule has 2 unspecified atom stereocenters. The molecule has 5 nitrogen and oxygen atoms in total. The van der Waals surface area contributed by atoms with Crippen molar-refractivity contribution in [3.63, 3.8) is 0 Å². The molecule has 1 saturated heterocycles. The summed E-state index contributed by atoms with van der Waals surface area (Å²) >= 11 is 0. The first kappa shape index (κ1) is 12.0. The Labute approximate surface area is 111 Å². The summed E-state index contributed by atoms with van der Waals surface area (Å²) in [6.45, 7) is 3.42. The fourth-order valence-electron chi connectivity index (χ4n) is 1.98. The van der Waals surface area contributed by atoms with Gasteiger partial charge in [-0.2, -0.15) is 4.98 Å². The highest BCUT2D eigenvalue weighted by molar-refractivity contribution is 5.53. The van der Waals surface area contributed by atoms with Crippen LogP contribution in [0.5, 0.6) is 6.01 Å². The predicted octanol–water partition coefficient (Wildman–Crippen LogP) is 1.95. The Balaban J connectivity index is 1.80. The van der Waals surface area contributed by atoms with Crippen molar-refractivity contribution in [2.75, 3.05) is 13.2 Å². The van der Waals surface area contributed by atoms with Crippen LogP contribution in [0.3, 0.4) is 0 Å². The first-order valence-corrected chi connectivity index (χ1v) is 6.32. The van der Waals surface area contributed by atoms with Gasteiger partial charge in [0.2, 0.25) is 0 Å². The van der Waals surface area contributed by atoms with Crippen LogP contribution >= 0.6 is 0 Å². The molecule has 3 rings (SSSR count). The third kappa shape index (κ3) is 2.71. The Hall–Kier alpha value is -2.01. The van der Waals surface area contributed by atoms with Crippen LogP contribution in [0.15, 0.2) is 36.7 Å². The highest BCUT2D eigenvalue weighted by atomic mass is 16.6. The zero-order valence-corrected chi connectivity index (χ0v) is 10.7. The van der Waals surface area contributed by atoms with Crippen LogP contribution < -0.4 is 4.74 Å². The minimum atomic E-state index is 0.0268. The summed E-state index contributed by atoms with van der Waals surface area (Å²) in [7, 11) is 0. The van der Waals surface area contributed by atoms with Crippen molar-refractivity contribution in [1.82, 2.24) is 15.0 Å². The molecule has 0 radical (unpaired) electrons. The Morgan fingerprint density at radius 1 is 1.11 bits per heavy atom. The monoisotopic (exact) mass is 257 g/mol.